The Bertz CT molecular complexity index is 1090. The number of Topliss-reactive ketones (excluding diaryl/α,β-unsaturated/α-hetero) is 1. The highest BCUT2D eigenvalue weighted by Crippen LogP contribution is 2.38. The Morgan fingerprint density at radius 2 is 1.82 bits per heavy atom. The van der Waals surface area contributed by atoms with Gasteiger partial charge in [0.25, 0.3) is 0 Å². The number of aromatic hydroxyl groups is 1. The number of anilines is 2. The fraction of sp³-hybridized carbons (Fsp3) is 0.261. The minimum atomic E-state index is -0.0609. The first kappa shape index (κ1) is 16.9. The molecule has 0 fully saturated rings. The summed E-state index contributed by atoms with van der Waals surface area (Å²) in [6.07, 6.45) is 1.97. The smallest absolute Gasteiger partial charge is 0.230 e. The Morgan fingerprint density at radius 3 is 2.68 bits per heavy atom. The fourth-order valence-electron chi connectivity index (χ4n) is 4.48. The molecule has 1 unspecified atom stereocenters. The van der Waals surface area contributed by atoms with Crippen molar-refractivity contribution in [2.45, 2.75) is 32.1 Å². The van der Waals surface area contributed by atoms with E-state index in [4.69, 9.17) is 4.98 Å². The lowest BCUT2D eigenvalue weighted by molar-refractivity contribution is 0.0961. The number of phenols is 1. The molecule has 1 atom stereocenters. The standard InChI is InChI=1S/C23H21N3O2/c1-14-22-18(12-16(13-21(22)28)17-7-3-5-9-20(17)27)25-23(24-14)26-11-10-15-6-2-4-8-19(15)26/h2-9,16,27H,10-13H2,1H3. The molecule has 2 heterocycles. The van der Waals surface area contributed by atoms with E-state index in [0.717, 1.165) is 35.6 Å². The normalized spacial score (nSPS) is 18.1. The molecule has 0 saturated heterocycles. The molecular weight excluding hydrogens is 350 g/mol. The van der Waals surface area contributed by atoms with Crippen molar-refractivity contribution >= 4 is 17.4 Å². The van der Waals surface area contributed by atoms with E-state index < -0.39 is 0 Å². The van der Waals surface area contributed by atoms with Crippen molar-refractivity contribution in [1.29, 1.82) is 0 Å². The molecule has 1 aliphatic carbocycles. The Balaban J connectivity index is 1.56. The van der Waals surface area contributed by atoms with E-state index in [0.29, 0.717) is 24.4 Å². The molecule has 5 nitrogen and oxygen atoms in total. The van der Waals surface area contributed by atoms with Crippen molar-refractivity contribution in [2.24, 2.45) is 0 Å². The quantitative estimate of drug-likeness (QED) is 0.735. The van der Waals surface area contributed by atoms with E-state index in [9.17, 15) is 9.90 Å². The molecule has 28 heavy (non-hydrogen) atoms. The van der Waals surface area contributed by atoms with Crippen LogP contribution in [0.25, 0.3) is 0 Å². The minimum Gasteiger partial charge on any atom is -0.508 e. The van der Waals surface area contributed by atoms with Gasteiger partial charge in [-0.2, -0.15) is 0 Å². The highest BCUT2D eigenvalue weighted by atomic mass is 16.3. The lowest BCUT2D eigenvalue weighted by Gasteiger charge is -2.26. The van der Waals surface area contributed by atoms with Crippen LogP contribution in [0, 0.1) is 6.92 Å². The van der Waals surface area contributed by atoms with Gasteiger partial charge in [0, 0.05) is 24.6 Å². The molecule has 2 aromatic carbocycles. The number of aryl methyl sites for hydroxylation is 1. The number of benzene rings is 2. The van der Waals surface area contributed by atoms with Gasteiger partial charge in [-0.3, -0.25) is 4.79 Å². The predicted molar refractivity (Wildman–Crippen MR) is 107 cm³/mol. The van der Waals surface area contributed by atoms with Crippen LogP contribution in [-0.2, 0) is 12.8 Å². The molecule has 0 bridgehead atoms. The third-order valence-corrected chi connectivity index (χ3v) is 5.81. The van der Waals surface area contributed by atoms with E-state index in [1.54, 1.807) is 12.1 Å². The summed E-state index contributed by atoms with van der Waals surface area (Å²) >= 11 is 0. The Morgan fingerprint density at radius 1 is 1.04 bits per heavy atom. The lowest BCUT2D eigenvalue weighted by Crippen LogP contribution is -2.25. The van der Waals surface area contributed by atoms with Crippen LogP contribution in [0.15, 0.2) is 48.5 Å². The zero-order valence-electron chi connectivity index (χ0n) is 15.7. The molecule has 1 aromatic heterocycles. The summed E-state index contributed by atoms with van der Waals surface area (Å²) < 4.78 is 0. The Labute approximate surface area is 163 Å². The molecule has 1 N–H and O–H groups in total. The van der Waals surface area contributed by atoms with Gasteiger partial charge in [-0.15, -0.1) is 0 Å². The van der Waals surface area contributed by atoms with Gasteiger partial charge in [0.15, 0.2) is 5.78 Å². The number of para-hydroxylation sites is 2. The Hall–Kier alpha value is -3.21. The van der Waals surface area contributed by atoms with Crippen molar-refractivity contribution in [3.8, 4) is 5.75 Å². The fourth-order valence-corrected chi connectivity index (χ4v) is 4.48. The van der Waals surface area contributed by atoms with Crippen LogP contribution >= 0.6 is 0 Å². The second kappa shape index (κ2) is 6.44. The molecule has 5 heteroatoms. The number of carbonyl (C=O) groups excluding carboxylic acids is 1. The van der Waals surface area contributed by atoms with Crippen LogP contribution in [0.2, 0.25) is 0 Å². The van der Waals surface area contributed by atoms with Gasteiger partial charge in [-0.25, -0.2) is 9.97 Å². The number of phenolic OH excluding ortho intramolecular Hbond substituents is 1. The molecule has 0 radical (unpaired) electrons. The van der Waals surface area contributed by atoms with Crippen molar-refractivity contribution in [2.75, 3.05) is 11.4 Å². The average molecular weight is 371 g/mol. The molecule has 2 aliphatic rings. The molecule has 1 aliphatic heterocycles. The molecule has 5 rings (SSSR count). The van der Waals surface area contributed by atoms with Gasteiger partial charge in [0.1, 0.15) is 5.75 Å². The topological polar surface area (TPSA) is 66.3 Å². The average Bonchev–Trinajstić information content (AvgIpc) is 3.12. The summed E-state index contributed by atoms with van der Waals surface area (Å²) in [5, 5.41) is 10.2. The molecule has 0 saturated carbocycles. The second-order valence-electron chi connectivity index (χ2n) is 7.55. The molecule has 0 spiro atoms. The first-order valence-corrected chi connectivity index (χ1v) is 9.66. The number of nitrogens with zero attached hydrogens (tertiary/aromatic N) is 3. The van der Waals surface area contributed by atoms with Gasteiger partial charge < -0.3 is 10.0 Å². The van der Waals surface area contributed by atoms with Gasteiger partial charge in [0.2, 0.25) is 5.95 Å². The van der Waals surface area contributed by atoms with Crippen LogP contribution < -0.4 is 4.90 Å². The maximum atomic E-state index is 12.9. The van der Waals surface area contributed by atoms with Gasteiger partial charge >= 0.3 is 0 Å². The molecule has 3 aromatic rings. The summed E-state index contributed by atoms with van der Waals surface area (Å²) in [5.41, 5.74) is 5.43. The Kier molecular flexibility index (Phi) is 3.90. The highest BCUT2D eigenvalue weighted by Gasteiger charge is 2.32. The van der Waals surface area contributed by atoms with Crippen molar-refractivity contribution < 1.29 is 9.90 Å². The highest BCUT2D eigenvalue weighted by molar-refractivity contribution is 6.00. The van der Waals surface area contributed by atoms with E-state index in [-0.39, 0.29) is 17.5 Å². The van der Waals surface area contributed by atoms with E-state index >= 15 is 0 Å². The first-order chi connectivity index (χ1) is 13.6. The maximum Gasteiger partial charge on any atom is 0.230 e. The molecular formula is C23H21N3O2. The molecule has 140 valence electrons. The van der Waals surface area contributed by atoms with Gasteiger partial charge in [0.05, 0.1) is 17.0 Å². The zero-order valence-corrected chi connectivity index (χ0v) is 15.7. The predicted octanol–water partition coefficient (Wildman–Crippen LogP) is 4.10. The van der Waals surface area contributed by atoms with Crippen LogP contribution in [0.4, 0.5) is 11.6 Å². The molecule has 0 amide bonds. The number of ketones is 1. The van der Waals surface area contributed by atoms with Crippen molar-refractivity contribution in [1.82, 2.24) is 9.97 Å². The number of rotatable bonds is 2. The lowest BCUT2D eigenvalue weighted by atomic mass is 9.81. The first-order valence-electron chi connectivity index (χ1n) is 9.66. The van der Waals surface area contributed by atoms with Crippen molar-refractivity contribution in [3.05, 3.63) is 76.6 Å². The monoisotopic (exact) mass is 371 g/mol. The zero-order chi connectivity index (χ0) is 19.3. The largest absolute Gasteiger partial charge is 0.508 e. The van der Waals surface area contributed by atoms with Crippen LogP contribution in [-0.4, -0.2) is 27.4 Å². The summed E-state index contributed by atoms with van der Waals surface area (Å²) in [4.78, 5) is 24.5. The van der Waals surface area contributed by atoms with Crippen molar-refractivity contribution in [3.63, 3.8) is 0 Å². The van der Waals surface area contributed by atoms with E-state index in [2.05, 4.69) is 28.1 Å². The third kappa shape index (κ3) is 2.66. The number of fused-ring (bicyclic) bond motifs is 2. The SMILES string of the molecule is Cc1nc(N2CCc3ccccc32)nc2c1C(=O)CC(c1ccccc1O)C2. The van der Waals surface area contributed by atoms with Gasteiger partial charge in [-0.1, -0.05) is 36.4 Å². The summed E-state index contributed by atoms with van der Waals surface area (Å²) in [6.45, 7) is 2.73. The summed E-state index contributed by atoms with van der Waals surface area (Å²) in [5.74, 6) is 0.893. The van der Waals surface area contributed by atoms with Crippen LogP contribution in [0.3, 0.4) is 0 Å². The van der Waals surface area contributed by atoms with Crippen LogP contribution in [0.5, 0.6) is 5.75 Å². The number of aromatic nitrogens is 2. The maximum absolute atomic E-state index is 12.9. The number of carbonyl (C=O) groups is 1. The van der Waals surface area contributed by atoms with Gasteiger partial charge in [-0.05, 0) is 43.0 Å². The summed E-state index contributed by atoms with van der Waals surface area (Å²) in [6, 6.07) is 15.6. The third-order valence-electron chi connectivity index (χ3n) is 5.81. The summed E-state index contributed by atoms with van der Waals surface area (Å²) in [7, 11) is 0. The van der Waals surface area contributed by atoms with Crippen LogP contribution in [0.1, 0.15) is 45.2 Å². The second-order valence-corrected chi connectivity index (χ2v) is 7.55. The minimum absolute atomic E-state index is 0.0559. The number of hydrogen-bond donors (Lipinski definition) is 1. The van der Waals surface area contributed by atoms with E-state index in [1.165, 1.54) is 5.56 Å². The number of hydrogen-bond acceptors (Lipinski definition) is 5. The van der Waals surface area contributed by atoms with E-state index in [1.807, 2.05) is 25.1 Å².